The van der Waals surface area contributed by atoms with Crippen LogP contribution in [0.25, 0.3) is 0 Å². The molecule has 1 aromatic carbocycles. The zero-order valence-electron chi connectivity index (χ0n) is 11.6. The van der Waals surface area contributed by atoms with Crippen molar-refractivity contribution in [1.82, 2.24) is 0 Å². The Hall–Kier alpha value is -2.56. The largest absolute Gasteiger partial charge is 0.507 e. The van der Waals surface area contributed by atoms with Crippen LogP contribution in [0.3, 0.4) is 0 Å². The molecule has 1 aromatic heterocycles. The van der Waals surface area contributed by atoms with Crippen molar-refractivity contribution in [3.8, 4) is 5.75 Å². The molecule has 0 unspecified atom stereocenters. The molecule has 0 saturated carbocycles. The molecule has 0 amide bonds. The number of nitrogens with zero attached hydrogens (tertiary/aromatic N) is 1. The molecule has 2 aromatic rings. The van der Waals surface area contributed by atoms with Gasteiger partial charge in [0.25, 0.3) is 0 Å². The lowest BCUT2D eigenvalue weighted by Crippen LogP contribution is -2.14. The molecule has 5 nitrogen and oxygen atoms in total. The number of hydrogen-bond acceptors (Lipinski definition) is 5. The van der Waals surface area contributed by atoms with Crippen LogP contribution in [0.4, 0.5) is 5.69 Å². The average Bonchev–Trinajstić information content (AvgIpc) is 2.37. The summed E-state index contributed by atoms with van der Waals surface area (Å²) in [6.07, 6.45) is 0. The molecule has 0 aliphatic rings. The van der Waals surface area contributed by atoms with E-state index in [4.69, 9.17) is 4.42 Å². The fraction of sp³-hybridized carbons (Fsp3) is 0.200. The minimum atomic E-state index is -0.602. The summed E-state index contributed by atoms with van der Waals surface area (Å²) in [7, 11) is 0. The number of anilines is 1. The summed E-state index contributed by atoms with van der Waals surface area (Å²) in [6, 6.07) is 9.05. The zero-order valence-corrected chi connectivity index (χ0v) is 11.6. The first-order valence-electron chi connectivity index (χ1n) is 6.18. The first-order valence-corrected chi connectivity index (χ1v) is 6.18. The first-order chi connectivity index (χ1) is 9.47. The molecule has 104 valence electrons. The van der Waals surface area contributed by atoms with E-state index in [1.807, 2.05) is 31.2 Å². The van der Waals surface area contributed by atoms with E-state index in [1.165, 1.54) is 6.07 Å². The zero-order chi connectivity index (χ0) is 14.7. The standard InChI is InChI=1S/C15H16N2O3/c1-9-4-6-12(7-5-9)17-16-11(3)14-13(18)8-10(2)20-15(14)19/h4-8,17-18H,1-3H3/b16-11+. The van der Waals surface area contributed by atoms with Gasteiger partial charge in [0.15, 0.2) is 0 Å². The number of hydrazone groups is 1. The number of nitrogens with one attached hydrogen (secondary N) is 1. The van der Waals surface area contributed by atoms with Gasteiger partial charge in [-0.05, 0) is 32.9 Å². The Kier molecular flexibility index (Phi) is 3.89. The summed E-state index contributed by atoms with van der Waals surface area (Å²) in [5, 5.41) is 13.9. The van der Waals surface area contributed by atoms with Crippen LogP contribution in [0, 0.1) is 13.8 Å². The normalized spacial score (nSPS) is 11.4. The predicted octanol–water partition coefficient (Wildman–Crippen LogP) is 2.80. The Morgan fingerprint density at radius 2 is 1.90 bits per heavy atom. The topological polar surface area (TPSA) is 74.8 Å². The fourth-order valence-corrected chi connectivity index (χ4v) is 1.76. The maximum Gasteiger partial charge on any atom is 0.348 e. The second-order valence-corrected chi connectivity index (χ2v) is 4.58. The summed E-state index contributed by atoms with van der Waals surface area (Å²) >= 11 is 0. The van der Waals surface area contributed by atoms with Crippen LogP contribution in [-0.4, -0.2) is 10.8 Å². The predicted molar refractivity (Wildman–Crippen MR) is 78.4 cm³/mol. The number of hydrogen-bond donors (Lipinski definition) is 2. The molecule has 2 N–H and O–H groups in total. The highest BCUT2D eigenvalue weighted by molar-refractivity contribution is 6.00. The van der Waals surface area contributed by atoms with Gasteiger partial charge in [0.2, 0.25) is 0 Å². The quantitative estimate of drug-likeness (QED) is 0.665. The summed E-state index contributed by atoms with van der Waals surface area (Å²) in [4.78, 5) is 11.7. The van der Waals surface area contributed by atoms with E-state index >= 15 is 0 Å². The third-order valence-corrected chi connectivity index (χ3v) is 2.82. The maximum absolute atomic E-state index is 11.7. The van der Waals surface area contributed by atoms with Gasteiger partial charge in [0.05, 0.1) is 11.4 Å². The van der Waals surface area contributed by atoms with Gasteiger partial charge in [-0.3, -0.25) is 5.43 Å². The number of aromatic hydroxyl groups is 1. The summed E-state index contributed by atoms with van der Waals surface area (Å²) in [6.45, 7) is 5.22. The number of rotatable bonds is 3. The Balaban J connectivity index is 2.27. The molecular formula is C15H16N2O3. The van der Waals surface area contributed by atoms with Gasteiger partial charge in [0.1, 0.15) is 17.1 Å². The Morgan fingerprint density at radius 3 is 2.50 bits per heavy atom. The molecule has 0 spiro atoms. The highest BCUT2D eigenvalue weighted by atomic mass is 16.4. The lowest BCUT2D eigenvalue weighted by Gasteiger charge is -2.05. The molecule has 0 aliphatic carbocycles. The lowest BCUT2D eigenvalue weighted by atomic mass is 10.2. The van der Waals surface area contributed by atoms with Gasteiger partial charge in [-0.15, -0.1) is 0 Å². The molecule has 20 heavy (non-hydrogen) atoms. The number of benzene rings is 1. The summed E-state index contributed by atoms with van der Waals surface area (Å²) < 4.78 is 4.95. The molecular weight excluding hydrogens is 256 g/mol. The monoisotopic (exact) mass is 272 g/mol. The highest BCUT2D eigenvalue weighted by Gasteiger charge is 2.12. The summed E-state index contributed by atoms with van der Waals surface area (Å²) in [5.41, 5.74) is 4.60. The average molecular weight is 272 g/mol. The van der Waals surface area contributed by atoms with E-state index in [2.05, 4.69) is 10.5 Å². The molecule has 2 rings (SSSR count). The van der Waals surface area contributed by atoms with Crippen LogP contribution in [0.1, 0.15) is 23.8 Å². The van der Waals surface area contributed by atoms with Crippen molar-refractivity contribution in [1.29, 1.82) is 0 Å². The summed E-state index contributed by atoms with van der Waals surface area (Å²) in [5.74, 6) is 0.223. The molecule has 1 heterocycles. The van der Waals surface area contributed by atoms with Crippen molar-refractivity contribution in [3.05, 3.63) is 57.6 Å². The molecule has 0 saturated heterocycles. The van der Waals surface area contributed by atoms with Gasteiger partial charge >= 0.3 is 5.63 Å². The van der Waals surface area contributed by atoms with Gasteiger partial charge < -0.3 is 9.52 Å². The smallest absolute Gasteiger partial charge is 0.348 e. The molecule has 5 heteroatoms. The van der Waals surface area contributed by atoms with Crippen LogP contribution in [0.5, 0.6) is 5.75 Å². The van der Waals surface area contributed by atoms with Gasteiger partial charge in [-0.2, -0.15) is 5.10 Å². The SMILES string of the molecule is C/C(=N\Nc1ccc(C)cc1)c1c(O)cc(C)oc1=O. The second-order valence-electron chi connectivity index (χ2n) is 4.58. The van der Waals surface area contributed by atoms with Crippen LogP contribution >= 0.6 is 0 Å². The van der Waals surface area contributed by atoms with Crippen LogP contribution < -0.4 is 11.1 Å². The third-order valence-electron chi connectivity index (χ3n) is 2.82. The van der Waals surface area contributed by atoms with E-state index < -0.39 is 5.63 Å². The lowest BCUT2D eigenvalue weighted by molar-refractivity contribution is 0.432. The minimum Gasteiger partial charge on any atom is -0.507 e. The van der Waals surface area contributed by atoms with Gasteiger partial charge in [-0.1, -0.05) is 17.7 Å². The Morgan fingerprint density at radius 1 is 1.25 bits per heavy atom. The molecule has 0 aliphatic heterocycles. The van der Waals surface area contributed by atoms with Crippen molar-refractivity contribution >= 4 is 11.4 Å². The van der Waals surface area contributed by atoms with Crippen molar-refractivity contribution in [3.63, 3.8) is 0 Å². The van der Waals surface area contributed by atoms with Crippen LogP contribution in [0.2, 0.25) is 0 Å². The van der Waals surface area contributed by atoms with E-state index in [9.17, 15) is 9.90 Å². The molecule has 0 fully saturated rings. The fourth-order valence-electron chi connectivity index (χ4n) is 1.76. The molecule has 0 atom stereocenters. The van der Waals surface area contributed by atoms with Gasteiger partial charge in [-0.25, -0.2) is 4.79 Å². The van der Waals surface area contributed by atoms with Crippen molar-refractivity contribution < 1.29 is 9.52 Å². The van der Waals surface area contributed by atoms with Crippen LogP contribution in [0.15, 0.2) is 44.6 Å². The van der Waals surface area contributed by atoms with Crippen molar-refractivity contribution in [2.75, 3.05) is 5.43 Å². The van der Waals surface area contributed by atoms with Gasteiger partial charge in [0, 0.05) is 6.07 Å². The molecule has 0 radical (unpaired) electrons. The minimum absolute atomic E-state index is 0.0650. The maximum atomic E-state index is 11.7. The van der Waals surface area contributed by atoms with E-state index in [-0.39, 0.29) is 11.3 Å². The second kappa shape index (κ2) is 5.61. The highest BCUT2D eigenvalue weighted by Crippen LogP contribution is 2.16. The Bertz CT molecular complexity index is 700. The van der Waals surface area contributed by atoms with E-state index in [1.54, 1.807) is 13.8 Å². The van der Waals surface area contributed by atoms with Crippen molar-refractivity contribution in [2.24, 2.45) is 5.10 Å². The van der Waals surface area contributed by atoms with E-state index in [0.29, 0.717) is 11.5 Å². The van der Waals surface area contributed by atoms with E-state index in [0.717, 1.165) is 11.3 Å². The number of aryl methyl sites for hydroxylation is 2. The Labute approximate surface area is 116 Å². The van der Waals surface area contributed by atoms with Crippen molar-refractivity contribution in [2.45, 2.75) is 20.8 Å². The van der Waals surface area contributed by atoms with Crippen LogP contribution in [-0.2, 0) is 0 Å². The molecule has 0 bridgehead atoms. The third kappa shape index (κ3) is 3.06. The first kappa shape index (κ1) is 13.9.